The van der Waals surface area contributed by atoms with E-state index in [1.165, 1.54) is 24.0 Å². The molecule has 0 aliphatic heterocycles. The zero-order valence-corrected chi connectivity index (χ0v) is 21.8. The van der Waals surface area contributed by atoms with Gasteiger partial charge in [0.05, 0.1) is 11.5 Å². The van der Waals surface area contributed by atoms with Crippen LogP contribution in [0.5, 0.6) is 0 Å². The Morgan fingerprint density at radius 1 is 1.00 bits per heavy atom. The third-order valence-electron chi connectivity index (χ3n) is 13.0. The predicted octanol–water partition coefficient (Wildman–Crippen LogP) is 7.01. The number of aliphatic hydroxyl groups excluding tert-OH is 1. The topological polar surface area (TPSA) is 57.5 Å². The molecule has 0 aromatic heterocycles. The van der Waals surface area contributed by atoms with E-state index in [9.17, 15) is 15.0 Å². The first-order chi connectivity index (χ1) is 15.3. The summed E-state index contributed by atoms with van der Waals surface area (Å²) in [5.41, 5.74) is 2.48. The van der Waals surface area contributed by atoms with Gasteiger partial charge in [0.2, 0.25) is 0 Å². The van der Waals surface area contributed by atoms with E-state index < -0.39 is 11.4 Å². The molecular weight excluding hydrogens is 408 g/mol. The molecule has 2 N–H and O–H groups in total. The minimum Gasteiger partial charge on any atom is -0.481 e. The molecule has 5 aliphatic rings. The second-order valence-corrected chi connectivity index (χ2v) is 14.1. The summed E-state index contributed by atoms with van der Waals surface area (Å²) in [5.74, 6) is 0.865. The van der Waals surface area contributed by atoms with E-state index in [0.29, 0.717) is 11.8 Å². The molecule has 4 saturated carbocycles. The van der Waals surface area contributed by atoms with Gasteiger partial charge in [0.25, 0.3) is 0 Å². The Kier molecular flexibility index (Phi) is 5.01. The number of hydrogen-bond donors (Lipinski definition) is 2. The Hall–Kier alpha value is -1.09. The molecule has 5 rings (SSSR count). The maximum Gasteiger partial charge on any atom is 0.310 e. The van der Waals surface area contributed by atoms with Gasteiger partial charge in [-0.3, -0.25) is 4.79 Å². The summed E-state index contributed by atoms with van der Waals surface area (Å²) in [6.45, 7) is 18.8. The molecule has 0 amide bonds. The summed E-state index contributed by atoms with van der Waals surface area (Å²) in [7, 11) is 0. The molecule has 3 heteroatoms. The Morgan fingerprint density at radius 3 is 2.36 bits per heavy atom. The number of aliphatic carboxylic acids is 1. The maximum absolute atomic E-state index is 12.8. The highest BCUT2D eigenvalue weighted by atomic mass is 16.4. The highest BCUT2D eigenvalue weighted by Crippen LogP contribution is 2.75. The van der Waals surface area contributed by atoms with Gasteiger partial charge in [-0.15, -0.1) is 0 Å². The van der Waals surface area contributed by atoms with E-state index in [4.69, 9.17) is 0 Å². The molecule has 5 aliphatic carbocycles. The van der Waals surface area contributed by atoms with Crippen molar-refractivity contribution in [1.82, 2.24) is 0 Å². The van der Waals surface area contributed by atoms with E-state index in [-0.39, 0.29) is 39.6 Å². The fourth-order valence-electron chi connectivity index (χ4n) is 10.6. The van der Waals surface area contributed by atoms with E-state index in [0.717, 1.165) is 44.9 Å². The van der Waals surface area contributed by atoms with Gasteiger partial charge >= 0.3 is 5.97 Å². The number of carbonyl (C=O) groups is 1. The molecule has 3 nitrogen and oxygen atoms in total. The first-order valence-corrected chi connectivity index (χ1v) is 13.6. The fraction of sp³-hybridized carbons (Fsp3) is 0.833. The largest absolute Gasteiger partial charge is 0.481 e. The average Bonchev–Trinajstić information content (AvgIpc) is 2.74. The quantitative estimate of drug-likeness (QED) is 0.419. The van der Waals surface area contributed by atoms with Crippen molar-refractivity contribution in [2.24, 2.45) is 50.7 Å². The molecule has 33 heavy (non-hydrogen) atoms. The molecule has 9 atom stereocenters. The summed E-state index contributed by atoms with van der Waals surface area (Å²) >= 11 is 0. The van der Waals surface area contributed by atoms with Crippen LogP contribution in [0.3, 0.4) is 0 Å². The van der Waals surface area contributed by atoms with Crippen LogP contribution < -0.4 is 0 Å². The Bertz CT molecular complexity index is 916. The highest BCUT2D eigenvalue weighted by molar-refractivity contribution is 5.77. The predicted molar refractivity (Wildman–Crippen MR) is 133 cm³/mol. The van der Waals surface area contributed by atoms with Crippen LogP contribution >= 0.6 is 0 Å². The monoisotopic (exact) mass is 454 g/mol. The molecule has 4 fully saturated rings. The normalized spacial score (nSPS) is 53.1. The molecule has 0 saturated heterocycles. The maximum atomic E-state index is 12.8. The van der Waals surface area contributed by atoms with Gasteiger partial charge in [-0.05, 0) is 97.2 Å². The smallest absolute Gasteiger partial charge is 0.310 e. The molecular formula is C30H46O3. The summed E-state index contributed by atoms with van der Waals surface area (Å²) in [4.78, 5) is 12.8. The lowest BCUT2D eigenvalue weighted by Crippen LogP contribution is -2.65. The number of fused-ring (bicyclic) bond motifs is 7. The lowest BCUT2D eigenvalue weighted by molar-refractivity contribution is -0.204. The second-order valence-electron chi connectivity index (χ2n) is 14.1. The van der Waals surface area contributed by atoms with E-state index in [2.05, 4.69) is 54.2 Å². The van der Waals surface area contributed by atoms with Gasteiger partial charge in [-0.1, -0.05) is 65.3 Å². The van der Waals surface area contributed by atoms with Crippen molar-refractivity contribution < 1.29 is 15.0 Å². The summed E-state index contributed by atoms with van der Waals surface area (Å²) in [5, 5.41) is 21.4. The van der Waals surface area contributed by atoms with E-state index in [1.807, 2.05) is 0 Å². The number of carboxylic acids is 1. The lowest BCUT2D eigenvalue weighted by Gasteiger charge is -2.71. The van der Waals surface area contributed by atoms with Crippen molar-refractivity contribution in [3.63, 3.8) is 0 Å². The third-order valence-corrected chi connectivity index (χ3v) is 13.0. The van der Waals surface area contributed by atoms with Crippen molar-refractivity contribution in [3.05, 3.63) is 23.8 Å². The molecule has 184 valence electrons. The molecule has 0 aromatic carbocycles. The number of aliphatic hydroxyl groups is 1. The van der Waals surface area contributed by atoms with Gasteiger partial charge in [-0.25, -0.2) is 0 Å². The number of hydrogen-bond acceptors (Lipinski definition) is 2. The van der Waals surface area contributed by atoms with Crippen LogP contribution in [0.1, 0.15) is 99.3 Å². The zero-order chi connectivity index (χ0) is 24.2. The van der Waals surface area contributed by atoms with Gasteiger partial charge in [0.1, 0.15) is 0 Å². The van der Waals surface area contributed by atoms with Crippen molar-refractivity contribution in [2.45, 2.75) is 105 Å². The number of rotatable bonds is 1. The minimum absolute atomic E-state index is 0.0413. The first kappa shape index (κ1) is 23.6. The molecule has 0 radical (unpaired) electrons. The molecule has 0 bridgehead atoms. The van der Waals surface area contributed by atoms with Crippen LogP contribution in [0.25, 0.3) is 0 Å². The van der Waals surface area contributed by atoms with Crippen molar-refractivity contribution in [2.75, 3.05) is 0 Å². The lowest BCUT2D eigenvalue weighted by atomic mass is 9.33. The van der Waals surface area contributed by atoms with E-state index in [1.54, 1.807) is 0 Å². The molecule has 0 aromatic rings. The molecule has 0 spiro atoms. The third kappa shape index (κ3) is 2.69. The fourth-order valence-corrected chi connectivity index (χ4v) is 10.6. The van der Waals surface area contributed by atoms with Gasteiger partial charge in [0.15, 0.2) is 0 Å². The standard InChI is InChI=1S/C30H46O3/c1-18-10-15-30(25(32)33)17-16-28(6)20(24(30)19(18)2)8-9-22-27(5)13-12-23(31)26(3,4)21(27)11-14-29(22,28)7/h8,19,21-24,31H,1,9-17H2,2-7H3,(H,32,33)/t19-,21-,22+,23-,24-,27-,28+,29+,30-/m0/s1. The van der Waals surface area contributed by atoms with Crippen molar-refractivity contribution in [1.29, 1.82) is 0 Å². The van der Waals surface area contributed by atoms with E-state index >= 15 is 0 Å². The Labute approximate surface area is 201 Å². The van der Waals surface area contributed by atoms with Crippen LogP contribution in [-0.4, -0.2) is 22.3 Å². The summed E-state index contributed by atoms with van der Waals surface area (Å²) < 4.78 is 0. The Balaban J connectivity index is 1.62. The minimum atomic E-state index is -0.618. The number of carboxylic acid groups (broad SMARTS) is 1. The summed E-state index contributed by atoms with van der Waals surface area (Å²) in [6.07, 6.45) is 11.1. The van der Waals surface area contributed by atoms with Gasteiger partial charge < -0.3 is 10.2 Å². The van der Waals surface area contributed by atoms with Gasteiger partial charge in [-0.2, -0.15) is 0 Å². The van der Waals surface area contributed by atoms with Crippen LogP contribution in [-0.2, 0) is 4.79 Å². The zero-order valence-electron chi connectivity index (χ0n) is 21.8. The first-order valence-electron chi connectivity index (χ1n) is 13.6. The van der Waals surface area contributed by atoms with Crippen LogP contribution in [0.4, 0.5) is 0 Å². The van der Waals surface area contributed by atoms with Gasteiger partial charge in [0, 0.05) is 5.92 Å². The van der Waals surface area contributed by atoms with Crippen LogP contribution in [0, 0.1) is 50.7 Å². The highest BCUT2D eigenvalue weighted by Gasteiger charge is 2.69. The Morgan fingerprint density at radius 2 is 1.70 bits per heavy atom. The van der Waals surface area contributed by atoms with Crippen LogP contribution in [0.2, 0.25) is 0 Å². The van der Waals surface area contributed by atoms with Crippen LogP contribution in [0.15, 0.2) is 23.8 Å². The number of allylic oxidation sites excluding steroid dienone is 3. The molecule has 0 heterocycles. The molecule has 0 unspecified atom stereocenters. The SMILES string of the molecule is C=C1CC[C@]2(C(=O)O)CC[C@]3(C)C(=CC[C@@H]4[C@@]5(C)CC[C@H](O)C(C)(C)[C@@H]5CC[C@]43C)[C@@H]2[C@H]1C. The van der Waals surface area contributed by atoms with Crippen molar-refractivity contribution >= 4 is 5.97 Å². The summed E-state index contributed by atoms with van der Waals surface area (Å²) in [6, 6.07) is 0. The van der Waals surface area contributed by atoms with Crippen molar-refractivity contribution in [3.8, 4) is 0 Å². The second kappa shape index (κ2) is 6.99. The average molecular weight is 455 g/mol.